The largest absolute Gasteiger partial charge is 0.355 e. The number of hydrogen-bond acceptors (Lipinski definition) is 1. The van der Waals surface area contributed by atoms with Gasteiger partial charge in [-0.1, -0.05) is 43.6 Å². The summed E-state index contributed by atoms with van der Waals surface area (Å²) in [5, 5.41) is 4.01. The molecule has 0 aliphatic rings. The number of alkyl halides is 1. The van der Waals surface area contributed by atoms with Gasteiger partial charge < -0.3 is 5.32 Å². The van der Waals surface area contributed by atoms with Gasteiger partial charge in [-0.25, -0.2) is 0 Å². The highest BCUT2D eigenvalue weighted by Crippen LogP contribution is 2.27. The van der Waals surface area contributed by atoms with E-state index >= 15 is 0 Å². The van der Waals surface area contributed by atoms with Crippen LogP contribution in [0, 0.1) is 11.3 Å². The van der Waals surface area contributed by atoms with Gasteiger partial charge in [0.2, 0.25) is 5.91 Å². The topological polar surface area (TPSA) is 29.1 Å². The van der Waals surface area contributed by atoms with Crippen LogP contribution < -0.4 is 5.32 Å². The summed E-state index contributed by atoms with van der Waals surface area (Å²) in [6.07, 6.45) is 3.09. The van der Waals surface area contributed by atoms with Crippen molar-refractivity contribution in [3.63, 3.8) is 0 Å². The molecule has 2 nitrogen and oxygen atoms in total. The third-order valence-electron chi connectivity index (χ3n) is 3.48. The molecular weight excluding hydrogens is 254 g/mol. The van der Waals surface area contributed by atoms with Crippen molar-refractivity contribution >= 4 is 21.8 Å². The van der Waals surface area contributed by atoms with E-state index in [-0.39, 0.29) is 17.2 Å². The third kappa shape index (κ3) is 4.54. The summed E-state index contributed by atoms with van der Waals surface area (Å²) in [5.41, 5.74) is 0.225. The second-order valence-electron chi connectivity index (χ2n) is 4.37. The molecule has 0 aliphatic carbocycles. The van der Waals surface area contributed by atoms with Gasteiger partial charge in [-0.05, 0) is 24.7 Å². The maximum atomic E-state index is 11.6. The van der Waals surface area contributed by atoms with Gasteiger partial charge >= 0.3 is 0 Å². The minimum absolute atomic E-state index is 0.131. The molecule has 0 rings (SSSR count). The van der Waals surface area contributed by atoms with E-state index in [0.29, 0.717) is 0 Å². The number of hydrogen-bond donors (Lipinski definition) is 1. The Labute approximate surface area is 102 Å². The van der Waals surface area contributed by atoms with E-state index in [2.05, 4.69) is 35.1 Å². The van der Waals surface area contributed by atoms with Crippen LogP contribution in [0.25, 0.3) is 0 Å². The minimum Gasteiger partial charge on any atom is -0.355 e. The molecule has 1 amide bonds. The van der Waals surface area contributed by atoms with Crippen molar-refractivity contribution in [2.45, 2.75) is 47.0 Å². The van der Waals surface area contributed by atoms with Gasteiger partial charge in [-0.3, -0.25) is 4.79 Å². The minimum atomic E-state index is 0.131. The highest BCUT2D eigenvalue weighted by atomic mass is 79.9. The molecule has 3 heteroatoms. The second-order valence-corrected chi connectivity index (χ2v) is 4.93. The summed E-state index contributed by atoms with van der Waals surface area (Å²) in [6, 6.07) is 0. The Balaban J connectivity index is 4.16. The van der Waals surface area contributed by atoms with E-state index in [1.54, 1.807) is 0 Å². The fourth-order valence-electron chi connectivity index (χ4n) is 1.37. The lowest BCUT2D eigenvalue weighted by molar-refractivity contribution is -0.125. The van der Waals surface area contributed by atoms with E-state index in [1.807, 2.05) is 13.8 Å². The number of rotatable bonds is 7. The van der Waals surface area contributed by atoms with E-state index in [9.17, 15) is 4.79 Å². The summed E-state index contributed by atoms with van der Waals surface area (Å²) in [7, 11) is 0. The Morgan fingerprint density at radius 1 is 1.33 bits per heavy atom. The average molecular weight is 278 g/mol. The number of halogens is 1. The van der Waals surface area contributed by atoms with Crippen molar-refractivity contribution in [2.24, 2.45) is 11.3 Å². The Hall–Kier alpha value is -0.0500. The standard InChI is InChI=1S/C12H24BrNO/c1-5-10(4)11(15)14-9-12(6-2,7-3)8-13/h10H,5-9H2,1-4H3,(H,14,15). The normalized spacial score (nSPS) is 13.7. The molecule has 0 heterocycles. The molecule has 1 unspecified atom stereocenters. The van der Waals surface area contributed by atoms with Gasteiger partial charge in [0, 0.05) is 17.8 Å². The maximum absolute atomic E-state index is 11.6. The first-order valence-corrected chi connectivity index (χ1v) is 7.01. The van der Waals surface area contributed by atoms with Gasteiger partial charge in [0.1, 0.15) is 0 Å². The molecule has 0 aliphatic heterocycles. The highest BCUT2D eigenvalue weighted by molar-refractivity contribution is 9.09. The lowest BCUT2D eigenvalue weighted by atomic mass is 9.84. The zero-order chi connectivity index (χ0) is 11.9. The molecule has 0 spiro atoms. The molecule has 15 heavy (non-hydrogen) atoms. The Bertz CT molecular complexity index is 182. The van der Waals surface area contributed by atoms with Gasteiger partial charge in [-0.2, -0.15) is 0 Å². The number of nitrogens with one attached hydrogen (secondary N) is 1. The highest BCUT2D eigenvalue weighted by Gasteiger charge is 2.25. The van der Waals surface area contributed by atoms with Crippen LogP contribution in [-0.4, -0.2) is 17.8 Å². The van der Waals surface area contributed by atoms with E-state index in [0.717, 1.165) is 31.1 Å². The first kappa shape index (κ1) is 14.9. The molecule has 0 saturated carbocycles. The van der Waals surface area contributed by atoms with E-state index in [1.165, 1.54) is 0 Å². The summed E-state index contributed by atoms with van der Waals surface area (Å²) >= 11 is 3.55. The quantitative estimate of drug-likeness (QED) is 0.711. The van der Waals surface area contributed by atoms with Gasteiger partial charge in [0.25, 0.3) is 0 Å². The van der Waals surface area contributed by atoms with Crippen LogP contribution in [0.5, 0.6) is 0 Å². The number of amides is 1. The zero-order valence-electron chi connectivity index (χ0n) is 10.4. The molecule has 90 valence electrons. The second kappa shape index (κ2) is 7.26. The van der Waals surface area contributed by atoms with Crippen molar-refractivity contribution in [2.75, 3.05) is 11.9 Å². The van der Waals surface area contributed by atoms with Crippen molar-refractivity contribution in [1.29, 1.82) is 0 Å². The summed E-state index contributed by atoms with van der Waals surface area (Å²) in [6.45, 7) is 9.17. The average Bonchev–Trinajstić information content (AvgIpc) is 2.30. The summed E-state index contributed by atoms with van der Waals surface area (Å²) in [4.78, 5) is 11.6. The van der Waals surface area contributed by atoms with Crippen LogP contribution >= 0.6 is 15.9 Å². The lowest BCUT2D eigenvalue weighted by Gasteiger charge is -2.30. The van der Waals surface area contributed by atoms with Gasteiger partial charge in [0.15, 0.2) is 0 Å². The van der Waals surface area contributed by atoms with E-state index < -0.39 is 0 Å². The van der Waals surface area contributed by atoms with Crippen molar-refractivity contribution < 1.29 is 4.79 Å². The smallest absolute Gasteiger partial charge is 0.222 e. The number of carbonyl (C=O) groups is 1. The van der Waals surface area contributed by atoms with Crippen LogP contribution in [0.4, 0.5) is 0 Å². The first-order valence-electron chi connectivity index (χ1n) is 5.88. The van der Waals surface area contributed by atoms with Crippen LogP contribution in [0.15, 0.2) is 0 Å². The predicted octanol–water partition coefficient (Wildman–Crippen LogP) is 3.35. The number of carbonyl (C=O) groups excluding carboxylic acids is 1. The molecule has 0 aromatic rings. The SMILES string of the molecule is CCC(C)C(=O)NCC(CC)(CC)CBr. The van der Waals surface area contributed by atoms with Crippen LogP contribution in [0.1, 0.15) is 47.0 Å². The predicted molar refractivity (Wildman–Crippen MR) is 69.3 cm³/mol. The summed E-state index contributed by atoms with van der Waals surface area (Å²) < 4.78 is 0. The molecule has 1 atom stereocenters. The summed E-state index contributed by atoms with van der Waals surface area (Å²) in [5.74, 6) is 0.316. The van der Waals surface area contributed by atoms with Crippen LogP contribution in [-0.2, 0) is 4.79 Å². The Morgan fingerprint density at radius 2 is 1.87 bits per heavy atom. The molecule has 1 N–H and O–H groups in total. The first-order chi connectivity index (χ1) is 7.05. The Kier molecular flexibility index (Phi) is 7.24. The van der Waals surface area contributed by atoms with Crippen LogP contribution in [0.3, 0.4) is 0 Å². The lowest BCUT2D eigenvalue weighted by Crippen LogP contribution is -2.40. The monoisotopic (exact) mass is 277 g/mol. The van der Waals surface area contributed by atoms with E-state index in [4.69, 9.17) is 0 Å². The fraction of sp³-hybridized carbons (Fsp3) is 0.917. The molecule has 0 bridgehead atoms. The van der Waals surface area contributed by atoms with Crippen LogP contribution in [0.2, 0.25) is 0 Å². The molecule has 0 aromatic carbocycles. The maximum Gasteiger partial charge on any atom is 0.222 e. The Morgan fingerprint density at radius 3 is 2.20 bits per heavy atom. The van der Waals surface area contributed by atoms with Crippen molar-refractivity contribution in [3.8, 4) is 0 Å². The van der Waals surface area contributed by atoms with Gasteiger partial charge in [0.05, 0.1) is 0 Å². The molecule has 0 fully saturated rings. The van der Waals surface area contributed by atoms with Gasteiger partial charge in [-0.15, -0.1) is 0 Å². The molecule has 0 saturated heterocycles. The zero-order valence-corrected chi connectivity index (χ0v) is 12.0. The molecule has 0 aromatic heterocycles. The molecular formula is C12H24BrNO. The molecule has 0 radical (unpaired) electrons. The fourth-order valence-corrected chi connectivity index (χ4v) is 2.36. The van der Waals surface area contributed by atoms with Crippen molar-refractivity contribution in [3.05, 3.63) is 0 Å². The van der Waals surface area contributed by atoms with Crippen molar-refractivity contribution in [1.82, 2.24) is 5.32 Å². The third-order valence-corrected chi connectivity index (χ3v) is 4.67.